The lowest BCUT2D eigenvalue weighted by Gasteiger charge is -2.39. The summed E-state index contributed by atoms with van der Waals surface area (Å²) >= 11 is 0. The summed E-state index contributed by atoms with van der Waals surface area (Å²) in [5, 5.41) is 21.4. The van der Waals surface area contributed by atoms with Crippen LogP contribution in [0, 0.1) is 12.8 Å². The van der Waals surface area contributed by atoms with Gasteiger partial charge in [0.05, 0.1) is 49.9 Å². The first kappa shape index (κ1) is 55.8. The first-order valence-corrected chi connectivity index (χ1v) is 23.8. The Morgan fingerprint density at radius 3 is 2.16 bits per heavy atom. The second-order valence-corrected chi connectivity index (χ2v) is 16.7. The highest BCUT2D eigenvalue weighted by molar-refractivity contribution is 5.97. The van der Waals surface area contributed by atoms with Crippen LogP contribution >= 0.6 is 0 Å². The number of hydrogen-bond donors (Lipinski definition) is 5. The number of carbonyl (C=O) groups is 5. The van der Waals surface area contributed by atoms with Gasteiger partial charge in [-0.05, 0) is 81.8 Å². The number of benzene rings is 2. The molecule has 4 aliphatic heterocycles. The summed E-state index contributed by atoms with van der Waals surface area (Å²) in [6.07, 6.45) is 15.6. The zero-order valence-electron chi connectivity index (χ0n) is 40.7. The zero-order valence-corrected chi connectivity index (χ0v) is 40.7. The number of primary amides is 1. The molecule has 370 valence electrons. The van der Waals surface area contributed by atoms with Crippen LogP contribution in [0.4, 0.5) is 17.2 Å². The number of aromatic nitrogens is 4. The van der Waals surface area contributed by atoms with Gasteiger partial charge in [0, 0.05) is 50.1 Å². The molecule has 68 heavy (non-hydrogen) atoms. The molecule has 2 aromatic heterocycles. The van der Waals surface area contributed by atoms with Crippen LogP contribution in [0.3, 0.4) is 0 Å². The Bertz CT molecular complexity index is 2080. The van der Waals surface area contributed by atoms with E-state index in [4.69, 9.17) is 20.0 Å². The number of nitrogens with zero attached hydrogens (tertiary/aromatic N) is 6. The molecule has 9 rings (SSSR count). The van der Waals surface area contributed by atoms with Crippen molar-refractivity contribution >= 4 is 47.8 Å². The molecule has 18 heteroatoms. The average Bonchev–Trinajstić information content (AvgIpc) is 4.06. The molecule has 7 N–H and O–H groups in total. The SMILES string of the molecule is CC1CCCN1.CCC(C)C.NC=O.Nc1nnc(-c2ccccc2OC=O)cc1-n1cc(N2CCN(C3CCCCC3)CC2=O)cn1.O=C1CCCC(=O)N1.[CH2+]C.c1ccc2c(c1)NCCO2. The number of piperazine rings is 1. The number of para-hydroxylation sites is 3. The Hall–Kier alpha value is -6.53. The number of hydrogen-bond acceptors (Lipinski definition) is 14. The Balaban J connectivity index is 0.000000288. The third kappa shape index (κ3) is 19.0. The maximum Gasteiger partial charge on any atom is 0.298 e. The minimum Gasteiger partial charge on any atom is -0.490 e. The predicted molar refractivity (Wildman–Crippen MR) is 267 cm³/mol. The zero-order chi connectivity index (χ0) is 49.7. The lowest BCUT2D eigenvalue weighted by Crippen LogP contribution is -2.54. The van der Waals surface area contributed by atoms with E-state index in [0.29, 0.717) is 67.6 Å². The number of piperidine rings is 1. The fraction of sp³-hybridized carbons (Fsp3) is 0.500. The number of carbonyl (C=O) groups excluding carboxylic acids is 5. The van der Waals surface area contributed by atoms with Crippen LogP contribution < -0.4 is 41.8 Å². The van der Waals surface area contributed by atoms with Crippen LogP contribution in [0.25, 0.3) is 16.9 Å². The van der Waals surface area contributed by atoms with Crippen LogP contribution in [0.2, 0.25) is 0 Å². The van der Waals surface area contributed by atoms with E-state index in [1.165, 1.54) is 57.9 Å². The van der Waals surface area contributed by atoms with Crippen molar-refractivity contribution in [3.8, 4) is 28.4 Å². The van der Waals surface area contributed by atoms with Crippen molar-refractivity contribution in [2.75, 3.05) is 55.3 Å². The molecule has 0 spiro atoms. The minimum atomic E-state index is -0.138. The van der Waals surface area contributed by atoms with E-state index in [2.05, 4.69) is 76.5 Å². The van der Waals surface area contributed by atoms with Crippen molar-refractivity contribution in [1.82, 2.24) is 35.5 Å². The van der Waals surface area contributed by atoms with E-state index >= 15 is 0 Å². The molecule has 4 aromatic rings. The number of fused-ring (bicyclic) bond motifs is 1. The summed E-state index contributed by atoms with van der Waals surface area (Å²) in [6.45, 7) is 19.1. The number of amides is 4. The summed E-state index contributed by atoms with van der Waals surface area (Å²) in [7, 11) is 0. The van der Waals surface area contributed by atoms with E-state index < -0.39 is 0 Å². The normalized spacial score (nSPS) is 17.4. The maximum atomic E-state index is 13.0. The van der Waals surface area contributed by atoms with E-state index in [0.717, 1.165) is 48.8 Å². The van der Waals surface area contributed by atoms with Gasteiger partial charge in [-0.3, -0.25) is 34.2 Å². The Kier molecular flexibility index (Phi) is 25.8. The average molecular weight is 941 g/mol. The molecule has 4 fully saturated rings. The van der Waals surface area contributed by atoms with Gasteiger partial charge in [0.25, 0.3) is 6.47 Å². The van der Waals surface area contributed by atoms with E-state index in [1.54, 1.807) is 53.2 Å². The maximum absolute atomic E-state index is 13.0. The number of nitrogen functional groups attached to an aromatic ring is 1. The number of anilines is 3. The molecular weight excluding hydrogens is 867 g/mol. The first-order valence-electron chi connectivity index (χ1n) is 23.8. The Labute approximate surface area is 402 Å². The number of ether oxygens (including phenoxy) is 2. The summed E-state index contributed by atoms with van der Waals surface area (Å²) in [4.78, 5) is 57.2. The Morgan fingerprint density at radius 2 is 1.59 bits per heavy atom. The molecule has 1 unspecified atom stereocenters. The van der Waals surface area contributed by atoms with Gasteiger partial charge in [-0.15, -0.1) is 10.2 Å². The van der Waals surface area contributed by atoms with Gasteiger partial charge in [0.15, 0.2) is 5.82 Å². The van der Waals surface area contributed by atoms with Gasteiger partial charge in [-0.2, -0.15) is 5.10 Å². The topological polar surface area (TPSA) is 242 Å². The fourth-order valence-corrected chi connectivity index (χ4v) is 7.48. The lowest BCUT2D eigenvalue weighted by atomic mass is 9.94. The van der Waals surface area contributed by atoms with Gasteiger partial charge in [0.2, 0.25) is 24.1 Å². The molecule has 5 aliphatic rings. The van der Waals surface area contributed by atoms with Gasteiger partial charge in [-0.1, -0.05) is 70.7 Å². The summed E-state index contributed by atoms with van der Waals surface area (Å²) < 4.78 is 12.0. The molecule has 2 aromatic carbocycles. The molecular formula is C50H74N11O7+. The summed E-state index contributed by atoms with van der Waals surface area (Å²) in [5.74, 6) is 2.22. The van der Waals surface area contributed by atoms with Gasteiger partial charge < -0.3 is 36.5 Å². The lowest BCUT2D eigenvalue weighted by molar-refractivity contribution is -0.133. The molecule has 4 amide bonds. The number of nitrogens with one attached hydrogen (secondary N) is 3. The number of rotatable bonds is 7. The number of nitrogens with two attached hydrogens (primary N) is 2. The molecule has 18 nitrogen and oxygen atoms in total. The molecule has 1 atom stereocenters. The third-order valence-electron chi connectivity index (χ3n) is 11.4. The van der Waals surface area contributed by atoms with Crippen molar-refractivity contribution < 1.29 is 33.4 Å². The van der Waals surface area contributed by atoms with E-state index in [1.807, 2.05) is 30.3 Å². The van der Waals surface area contributed by atoms with Gasteiger partial charge in [0.1, 0.15) is 23.8 Å². The molecule has 1 saturated carbocycles. The standard InChI is InChI=1S/C24H27N7O3.C8H9NO.C5H7NO2.C5H11N.C5H12.C2H5.CH3NO/c25-24-21(12-20(27-28-24)19-8-4-5-9-22(19)34-16-32)31-14-18(13-26-31)30-11-10-29(15-23(30)33)17-6-2-1-3-7-17;1-2-4-8-7(3-1)9-5-6-10-8;7-4-2-1-3-5(8)6-4;1-5-3-2-4-6-5;1-4-5(2)3;1-2;2-1-3/h4-5,8-9,12-14,16-17H,1-3,6-7,10-11,15H2,(H2,25,28);1-4,9H,5-6H2;1-3H2,(H,6,7,8);5-6H,2-4H2,1H3;5H,4H2,1-3H3;1H2,2H3;1H,(H2,2,3)/q;;;;;+1;. The summed E-state index contributed by atoms with van der Waals surface area (Å²) in [5.41, 5.74) is 13.7. The fourth-order valence-electron chi connectivity index (χ4n) is 7.48. The van der Waals surface area contributed by atoms with E-state index in [-0.39, 0.29) is 29.9 Å². The van der Waals surface area contributed by atoms with Crippen LogP contribution in [-0.2, 0) is 24.0 Å². The van der Waals surface area contributed by atoms with Gasteiger partial charge in [-0.25, -0.2) is 4.68 Å². The first-order chi connectivity index (χ1) is 33.0. The monoisotopic (exact) mass is 941 g/mol. The molecule has 0 bridgehead atoms. The molecule has 3 saturated heterocycles. The predicted octanol–water partition coefficient (Wildman–Crippen LogP) is 6.48. The van der Waals surface area contributed by atoms with Crippen molar-refractivity contribution in [2.24, 2.45) is 11.7 Å². The minimum absolute atomic E-state index is 0.0813. The highest BCUT2D eigenvalue weighted by Gasteiger charge is 2.31. The van der Waals surface area contributed by atoms with Crippen molar-refractivity contribution in [1.29, 1.82) is 0 Å². The highest BCUT2D eigenvalue weighted by Crippen LogP contribution is 2.31. The quantitative estimate of drug-likeness (QED) is 0.0757. The third-order valence-corrected chi connectivity index (χ3v) is 11.4. The second kappa shape index (κ2) is 31.4. The van der Waals surface area contributed by atoms with Crippen molar-refractivity contribution in [3.63, 3.8) is 0 Å². The number of imide groups is 1. The van der Waals surface area contributed by atoms with Crippen molar-refractivity contribution in [3.05, 3.63) is 73.9 Å². The molecule has 0 radical (unpaired) electrons. The van der Waals surface area contributed by atoms with Crippen LogP contribution in [0.15, 0.2) is 67.0 Å². The smallest absolute Gasteiger partial charge is 0.298 e. The van der Waals surface area contributed by atoms with Crippen molar-refractivity contribution in [2.45, 2.75) is 117 Å². The van der Waals surface area contributed by atoms with E-state index in [9.17, 15) is 19.2 Å². The largest absolute Gasteiger partial charge is 0.490 e. The highest BCUT2D eigenvalue weighted by atomic mass is 16.5. The van der Waals surface area contributed by atoms with Crippen LogP contribution in [-0.4, -0.2) is 107 Å². The molecule has 6 heterocycles. The Morgan fingerprint density at radius 1 is 0.912 bits per heavy atom. The molecule has 1 aliphatic carbocycles. The summed E-state index contributed by atoms with van der Waals surface area (Å²) in [6, 6.07) is 18.1. The van der Waals surface area contributed by atoms with Crippen LogP contribution in [0.1, 0.15) is 105 Å². The van der Waals surface area contributed by atoms with Crippen LogP contribution in [0.5, 0.6) is 11.5 Å². The van der Waals surface area contributed by atoms with Gasteiger partial charge >= 0.3 is 0 Å². The second-order valence-electron chi connectivity index (χ2n) is 16.7.